The molecule has 0 aliphatic rings. The van der Waals surface area contributed by atoms with Gasteiger partial charge in [0.1, 0.15) is 24.4 Å². The lowest BCUT2D eigenvalue weighted by Crippen LogP contribution is -2.48. The van der Waals surface area contributed by atoms with E-state index < -0.39 is 36.8 Å². The Labute approximate surface area is 96.2 Å². The third-order valence-electron chi connectivity index (χ3n) is 2.25. The fourth-order valence-electron chi connectivity index (χ4n) is 1.22. The molecule has 0 aliphatic heterocycles. The van der Waals surface area contributed by atoms with Gasteiger partial charge in [-0.1, -0.05) is 0 Å². The number of ketones is 1. The standard InChI is InChI=1S/C9H14N2O6/c12-3-4(13)5(14)6(15)7(16)8(17)9-10-1-2-11-9/h1-2,4-7,12-16H,3H2,(H,10,11)/t4-,5-,6+,7-/m1/s1. The normalized spacial score (nSPS) is 18.4. The number of aliphatic hydroxyl groups excluding tert-OH is 5. The summed E-state index contributed by atoms with van der Waals surface area (Å²) in [6, 6.07) is 0. The molecule has 0 radical (unpaired) electrons. The second-order valence-electron chi connectivity index (χ2n) is 3.48. The second-order valence-corrected chi connectivity index (χ2v) is 3.48. The first-order chi connectivity index (χ1) is 7.99. The van der Waals surface area contributed by atoms with Gasteiger partial charge >= 0.3 is 0 Å². The Morgan fingerprint density at radius 1 is 1.29 bits per heavy atom. The molecule has 0 fully saturated rings. The van der Waals surface area contributed by atoms with E-state index in [1.54, 1.807) is 0 Å². The fourth-order valence-corrected chi connectivity index (χ4v) is 1.22. The summed E-state index contributed by atoms with van der Waals surface area (Å²) < 4.78 is 0. The Kier molecular flexibility index (Phi) is 4.73. The highest BCUT2D eigenvalue weighted by molar-refractivity contribution is 5.96. The Morgan fingerprint density at radius 2 is 1.94 bits per heavy atom. The molecule has 8 nitrogen and oxygen atoms in total. The minimum Gasteiger partial charge on any atom is -0.394 e. The number of H-pyrrole nitrogens is 1. The molecule has 0 amide bonds. The van der Waals surface area contributed by atoms with Crippen LogP contribution in [0.2, 0.25) is 0 Å². The first-order valence-corrected chi connectivity index (χ1v) is 4.85. The van der Waals surface area contributed by atoms with E-state index in [0.717, 1.165) is 0 Å². The maximum Gasteiger partial charge on any atom is 0.229 e. The van der Waals surface area contributed by atoms with Gasteiger partial charge in [0.25, 0.3) is 0 Å². The Bertz CT molecular complexity index is 354. The minimum absolute atomic E-state index is 0.178. The number of aliphatic hydroxyl groups is 5. The lowest BCUT2D eigenvalue weighted by atomic mass is 10.0. The number of rotatable bonds is 6. The van der Waals surface area contributed by atoms with E-state index in [4.69, 9.17) is 10.2 Å². The van der Waals surface area contributed by atoms with Crippen molar-refractivity contribution >= 4 is 5.78 Å². The Morgan fingerprint density at radius 3 is 2.41 bits per heavy atom. The van der Waals surface area contributed by atoms with E-state index >= 15 is 0 Å². The zero-order valence-electron chi connectivity index (χ0n) is 8.76. The summed E-state index contributed by atoms with van der Waals surface area (Å²) in [4.78, 5) is 17.5. The largest absolute Gasteiger partial charge is 0.394 e. The molecule has 4 atom stereocenters. The van der Waals surface area contributed by atoms with Crippen LogP contribution in [-0.4, -0.2) is 72.3 Å². The number of nitrogens with one attached hydrogen (secondary N) is 1. The van der Waals surface area contributed by atoms with Gasteiger partial charge in [-0.15, -0.1) is 0 Å². The molecule has 1 rings (SSSR count). The molecule has 0 spiro atoms. The maximum atomic E-state index is 11.5. The van der Waals surface area contributed by atoms with Crippen molar-refractivity contribution < 1.29 is 30.3 Å². The van der Waals surface area contributed by atoms with Gasteiger partial charge in [0.2, 0.25) is 5.78 Å². The molecule has 0 saturated heterocycles. The van der Waals surface area contributed by atoms with Crippen LogP contribution < -0.4 is 0 Å². The lowest BCUT2D eigenvalue weighted by molar-refractivity contribution is -0.106. The van der Waals surface area contributed by atoms with Crippen LogP contribution in [0.5, 0.6) is 0 Å². The molecule has 1 heterocycles. The van der Waals surface area contributed by atoms with Gasteiger partial charge in [-0.25, -0.2) is 4.98 Å². The summed E-state index contributed by atoms with van der Waals surface area (Å²) in [5.41, 5.74) is 0. The lowest BCUT2D eigenvalue weighted by Gasteiger charge is -2.24. The highest BCUT2D eigenvalue weighted by Gasteiger charge is 2.35. The van der Waals surface area contributed by atoms with Gasteiger partial charge in [-0.3, -0.25) is 4.79 Å². The summed E-state index contributed by atoms with van der Waals surface area (Å²) in [6.45, 7) is -0.806. The number of Topliss-reactive ketones (excluding diaryl/α,β-unsaturated/α-hetero) is 1. The first-order valence-electron chi connectivity index (χ1n) is 4.85. The second kappa shape index (κ2) is 5.84. The van der Waals surface area contributed by atoms with Crippen LogP contribution in [0.25, 0.3) is 0 Å². The van der Waals surface area contributed by atoms with Crippen molar-refractivity contribution in [3.05, 3.63) is 18.2 Å². The molecule has 0 unspecified atom stereocenters. The van der Waals surface area contributed by atoms with Gasteiger partial charge in [0, 0.05) is 12.4 Å². The van der Waals surface area contributed by atoms with Crippen molar-refractivity contribution in [2.45, 2.75) is 24.4 Å². The topological polar surface area (TPSA) is 147 Å². The van der Waals surface area contributed by atoms with E-state index in [0.29, 0.717) is 0 Å². The zero-order valence-corrected chi connectivity index (χ0v) is 8.76. The Hall–Kier alpha value is -1.32. The van der Waals surface area contributed by atoms with E-state index in [1.807, 2.05) is 0 Å². The predicted molar refractivity (Wildman–Crippen MR) is 54.0 cm³/mol. The van der Waals surface area contributed by atoms with Crippen molar-refractivity contribution in [3.8, 4) is 0 Å². The van der Waals surface area contributed by atoms with Crippen LogP contribution >= 0.6 is 0 Å². The molecule has 0 saturated carbocycles. The number of hydrogen-bond donors (Lipinski definition) is 6. The minimum atomic E-state index is -1.95. The maximum absolute atomic E-state index is 11.5. The SMILES string of the molecule is O=C(c1ncc[nH]1)[C@H](O)[C@@H](O)[C@H](O)[C@H](O)CO. The molecule has 96 valence electrons. The van der Waals surface area contributed by atoms with Crippen molar-refractivity contribution in [1.29, 1.82) is 0 Å². The van der Waals surface area contributed by atoms with E-state index in [2.05, 4.69) is 9.97 Å². The van der Waals surface area contributed by atoms with E-state index in [-0.39, 0.29) is 5.82 Å². The average molecular weight is 246 g/mol. The molecule has 8 heteroatoms. The number of carbonyl (C=O) groups excluding carboxylic acids is 1. The summed E-state index contributed by atoms with van der Waals surface area (Å²) in [5, 5.41) is 45.8. The summed E-state index contributed by atoms with van der Waals surface area (Å²) in [6.07, 6.45) is -4.72. The third kappa shape index (κ3) is 3.08. The summed E-state index contributed by atoms with van der Waals surface area (Å²) in [5.74, 6) is -1.10. The number of imidazole rings is 1. The van der Waals surface area contributed by atoms with Crippen LogP contribution in [0, 0.1) is 0 Å². The number of nitrogens with zero attached hydrogens (tertiary/aromatic N) is 1. The molecule has 1 aromatic rings. The van der Waals surface area contributed by atoms with Crippen LogP contribution in [0.3, 0.4) is 0 Å². The number of carbonyl (C=O) groups is 1. The number of hydrogen-bond acceptors (Lipinski definition) is 7. The molecule has 17 heavy (non-hydrogen) atoms. The predicted octanol–water partition coefficient (Wildman–Crippen LogP) is -2.97. The molecule has 1 aromatic heterocycles. The molecule has 0 aliphatic carbocycles. The Balaban J connectivity index is 2.69. The van der Waals surface area contributed by atoms with Crippen LogP contribution in [0.15, 0.2) is 12.4 Å². The molecule has 6 N–H and O–H groups in total. The highest BCUT2D eigenvalue weighted by Crippen LogP contribution is 2.08. The van der Waals surface area contributed by atoms with Gasteiger partial charge in [0.05, 0.1) is 6.61 Å². The quantitative estimate of drug-likeness (QED) is 0.294. The molecule has 0 bridgehead atoms. The van der Waals surface area contributed by atoms with Gasteiger partial charge in [-0.2, -0.15) is 0 Å². The van der Waals surface area contributed by atoms with Gasteiger partial charge < -0.3 is 30.5 Å². The smallest absolute Gasteiger partial charge is 0.229 e. The van der Waals surface area contributed by atoms with Crippen LogP contribution in [0.1, 0.15) is 10.6 Å². The van der Waals surface area contributed by atoms with Crippen LogP contribution in [0.4, 0.5) is 0 Å². The number of aromatic amines is 1. The van der Waals surface area contributed by atoms with Crippen molar-refractivity contribution in [1.82, 2.24) is 9.97 Å². The summed E-state index contributed by atoms with van der Waals surface area (Å²) in [7, 11) is 0. The number of aromatic nitrogens is 2. The van der Waals surface area contributed by atoms with E-state index in [1.165, 1.54) is 12.4 Å². The summed E-state index contributed by atoms with van der Waals surface area (Å²) >= 11 is 0. The molecule has 0 aromatic carbocycles. The van der Waals surface area contributed by atoms with Crippen LogP contribution in [-0.2, 0) is 0 Å². The monoisotopic (exact) mass is 246 g/mol. The van der Waals surface area contributed by atoms with Gasteiger partial charge in [0.15, 0.2) is 5.82 Å². The van der Waals surface area contributed by atoms with Gasteiger partial charge in [-0.05, 0) is 0 Å². The highest BCUT2D eigenvalue weighted by atomic mass is 16.4. The van der Waals surface area contributed by atoms with Crippen molar-refractivity contribution in [2.75, 3.05) is 6.61 Å². The third-order valence-corrected chi connectivity index (χ3v) is 2.25. The first kappa shape index (κ1) is 13.7. The molecular weight excluding hydrogens is 232 g/mol. The fraction of sp³-hybridized carbons (Fsp3) is 0.556. The van der Waals surface area contributed by atoms with Crippen molar-refractivity contribution in [2.24, 2.45) is 0 Å². The van der Waals surface area contributed by atoms with E-state index in [9.17, 15) is 20.1 Å². The van der Waals surface area contributed by atoms with Crippen molar-refractivity contribution in [3.63, 3.8) is 0 Å². The average Bonchev–Trinajstić information content (AvgIpc) is 2.87. The molecular formula is C9H14N2O6. The zero-order chi connectivity index (χ0) is 13.0.